The van der Waals surface area contributed by atoms with Crippen LogP contribution in [0.3, 0.4) is 0 Å². The lowest BCUT2D eigenvalue weighted by molar-refractivity contribution is -0.147. The predicted molar refractivity (Wildman–Crippen MR) is 494 cm³/mol. The van der Waals surface area contributed by atoms with Crippen molar-refractivity contribution in [1.29, 1.82) is 0 Å². The highest BCUT2D eigenvalue weighted by molar-refractivity contribution is 5.93. The molecule has 20 fully saturated rings. The topological polar surface area (TPSA) is 230 Å². The van der Waals surface area contributed by atoms with Gasteiger partial charge >= 0.3 is 11.9 Å². The zero-order valence-corrected chi connectivity index (χ0v) is 77.6. The third-order valence-corrected chi connectivity index (χ3v) is 36.6. The lowest BCUT2D eigenvalue weighted by atomic mass is 9.78. The summed E-state index contributed by atoms with van der Waals surface area (Å²) in [5, 5.41) is 22.0. The van der Waals surface area contributed by atoms with Crippen LogP contribution < -0.4 is 21.3 Å². The van der Waals surface area contributed by atoms with Crippen LogP contribution in [0.5, 0.6) is 0 Å². The van der Waals surface area contributed by atoms with E-state index in [9.17, 15) is 43.5 Å². The molecule has 20 aliphatic carbocycles. The van der Waals surface area contributed by atoms with E-state index >= 15 is 0 Å². The van der Waals surface area contributed by atoms with Gasteiger partial charge in [-0.15, -0.1) is 0 Å². The molecule has 688 valence electrons. The average molecular weight is 1710 g/mol. The minimum absolute atomic E-state index is 0.00792. The van der Waals surface area contributed by atoms with Gasteiger partial charge in [-0.25, -0.2) is 9.59 Å². The van der Waals surface area contributed by atoms with Gasteiger partial charge in [0.15, 0.2) is 0 Å². The summed E-state index contributed by atoms with van der Waals surface area (Å²) in [6.07, 6.45) is 61.3. The molecule has 20 aliphatic rings. The number of nitrogens with one attached hydrogen (secondary N) is 4. The second-order valence-corrected chi connectivity index (χ2v) is 43.6. The van der Waals surface area contributed by atoms with E-state index in [1.807, 2.05) is 18.9 Å². The number of carbonyl (C=O) groups is 8. The third-order valence-electron chi connectivity index (χ3n) is 36.6. The zero-order valence-electron chi connectivity index (χ0n) is 77.6. The first kappa shape index (κ1) is 95.2. The van der Waals surface area contributed by atoms with Crippen LogP contribution >= 0.6 is 0 Å². The smallest absolute Gasteiger partial charge is 0.333 e. The second-order valence-electron chi connectivity index (χ2n) is 43.6. The van der Waals surface area contributed by atoms with Gasteiger partial charge in [0.2, 0.25) is 35.4 Å². The Bertz CT molecular complexity index is 3760. The van der Waals surface area contributed by atoms with E-state index < -0.39 is 0 Å². The Morgan fingerprint density at radius 1 is 0.339 bits per heavy atom. The fraction of sp³-hybridized carbons (Fsp3) is 0.776. The molecule has 17 nitrogen and oxygen atoms in total. The first-order valence-electron chi connectivity index (χ1n) is 50.6. The zero-order chi connectivity index (χ0) is 88.3. The molecule has 0 heterocycles. The summed E-state index contributed by atoms with van der Waals surface area (Å²) in [7, 11) is 1.96. The number of aliphatic hydroxyl groups excluding tert-OH is 1. The fourth-order valence-electron chi connectivity index (χ4n) is 31.2. The molecule has 0 aliphatic heterocycles. The quantitative estimate of drug-likeness (QED) is 0.0679. The number of nitrogens with zero attached hydrogens (tertiary/aromatic N) is 2. The van der Waals surface area contributed by atoms with Gasteiger partial charge in [-0.2, -0.15) is 0 Å². The van der Waals surface area contributed by atoms with E-state index in [1.54, 1.807) is 20.8 Å². The number of amides is 6. The standard InChI is InChI=1S/C16H25NO.2C14H21NO.C13H21NO2.C13H19NO.C13H20O2.C12H19NO.C12H18O2/c1-4-17(16(18)10(2)3)15-9-11-8-14(15)13-7-5-6-12(11)13;1-8(2)14(16)15-13-7-9-6-12(13)11-5-3-4-10(9)11;1-3-14(16)15(2)13-8-9-7-12(13)11-6-4-5-10(9)11;1-8(2)13(16)14-11-4-3-9-6-12(15)7-10(9)5-11;1-2-13(15)14-12-7-8-6-11(12)10-5-3-4-9(8)10;1-9(2)13(14)15-12-7-6-10-4-3-5-11(10)8-12;1-2-12(14)13-11-7-6-9-4-3-5-10(9)8-11;1-2-12(13)14-11-7-6-9-4-3-5-10(9)8-11/h11-15H,2,4-9H2,1,3H3;9-13H,1,3-7H2,2H3,(H,15,16);3,9-13H,1,4-8H2,2H3;9-12,15H,1,3-7H2,2H3,(H,14,16);2,8-12H,1,3-7H2,(H,14,15);10-12H,1,3-8H2,2H3;2,9-11H,1,3-8H2,(H,13,14);2,9-11H,1,3-8H2. The van der Waals surface area contributed by atoms with E-state index in [4.69, 9.17) is 9.47 Å². The summed E-state index contributed by atoms with van der Waals surface area (Å²) in [5.74, 6) is 21.1. The average Bonchev–Trinajstić information content (AvgIpc) is 1.77. The van der Waals surface area contributed by atoms with E-state index in [-0.39, 0.29) is 71.7 Å². The van der Waals surface area contributed by atoms with Gasteiger partial charge in [-0.3, -0.25) is 28.8 Å². The number of esters is 2. The lowest BCUT2D eigenvalue weighted by Crippen LogP contribution is -2.46. The van der Waals surface area contributed by atoms with Gasteiger partial charge < -0.3 is 45.6 Å². The molecule has 0 aromatic rings. The minimum atomic E-state index is -0.258. The minimum Gasteiger partial charge on any atom is -0.459 e. The molecule has 124 heavy (non-hydrogen) atoms. The fourth-order valence-corrected chi connectivity index (χ4v) is 31.2. The van der Waals surface area contributed by atoms with Crippen molar-refractivity contribution in [2.45, 2.75) is 365 Å². The van der Waals surface area contributed by atoms with Crippen LogP contribution in [0.15, 0.2) is 99.2 Å². The van der Waals surface area contributed by atoms with E-state index in [0.29, 0.717) is 64.3 Å². The second kappa shape index (κ2) is 43.8. The summed E-state index contributed by atoms with van der Waals surface area (Å²) in [4.78, 5) is 96.0. The highest BCUT2D eigenvalue weighted by Gasteiger charge is 2.59. The SMILES string of the molecule is C=C(C)C(=O)N(CC)C1CC2CC1C1CCCC21.C=C(C)C(=O)NC1CC2CC1C1CCCC21.C=C(C)C(=O)NC1CCC2CC(O)CC2C1.C=C(C)C(=O)OC1CCC2CCCC2C1.C=CC(=O)N(C)C1CC2CC1C1CCCC21.C=CC(=O)NC1CC2CC1C1CCCC21.C=CC(=O)NC1CCC2CCCC2C1.C=CC(=O)OC1CCC2CCCC2C1. The van der Waals surface area contributed by atoms with Crippen LogP contribution in [-0.4, -0.2) is 130 Å². The van der Waals surface area contributed by atoms with Crippen molar-refractivity contribution in [2.75, 3.05) is 13.6 Å². The van der Waals surface area contributed by atoms with Crippen LogP contribution in [-0.2, 0) is 47.8 Å². The number of rotatable bonds is 17. The number of likely N-dealkylation sites (N-methyl/N-ethyl adjacent to an activating group) is 2. The predicted octanol–water partition coefficient (Wildman–Crippen LogP) is 19.9. The number of hydrogen-bond acceptors (Lipinski definition) is 11. The molecule has 0 saturated heterocycles. The molecule has 0 radical (unpaired) electrons. The van der Waals surface area contributed by atoms with Crippen LogP contribution in [0.4, 0.5) is 0 Å². The first-order chi connectivity index (χ1) is 59.6. The van der Waals surface area contributed by atoms with Gasteiger partial charge in [0.1, 0.15) is 12.2 Å². The molecule has 0 aromatic carbocycles. The summed E-state index contributed by atoms with van der Waals surface area (Å²) in [5.41, 5.74) is 2.44. The maximum absolute atomic E-state index is 12.3. The Balaban J connectivity index is 0.000000122. The lowest BCUT2D eigenvalue weighted by Gasteiger charge is -2.39. The molecule has 8 bridgehead atoms. The largest absolute Gasteiger partial charge is 0.459 e. The number of hydrogen-bond donors (Lipinski definition) is 5. The molecule has 33 atom stereocenters. The highest BCUT2D eigenvalue weighted by atomic mass is 16.5. The maximum atomic E-state index is 12.3. The van der Waals surface area contributed by atoms with Crippen LogP contribution in [0.2, 0.25) is 0 Å². The Kier molecular flexibility index (Phi) is 33.7. The van der Waals surface area contributed by atoms with Gasteiger partial charge in [0.05, 0.1) is 6.10 Å². The van der Waals surface area contributed by atoms with Crippen molar-refractivity contribution in [3.8, 4) is 0 Å². The third kappa shape index (κ3) is 22.9. The summed E-state index contributed by atoms with van der Waals surface area (Å²) in [6.45, 7) is 38.9. The number of ether oxygens (including phenoxy) is 2. The van der Waals surface area contributed by atoms with Crippen LogP contribution in [0.25, 0.3) is 0 Å². The van der Waals surface area contributed by atoms with E-state index in [0.717, 1.165) is 195 Å². The normalized spacial score (nSPS) is 40.3. The highest BCUT2D eigenvalue weighted by Crippen LogP contribution is 2.63. The van der Waals surface area contributed by atoms with Crippen molar-refractivity contribution < 1.29 is 52.9 Å². The molecular formula is C107H164N6O11. The van der Waals surface area contributed by atoms with Crippen molar-refractivity contribution in [2.24, 2.45) is 142 Å². The van der Waals surface area contributed by atoms with Crippen LogP contribution in [0.1, 0.15) is 311 Å². The van der Waals surface area contributed by atoms with Crippen LogP contribution in [0, 0.1) is 142 Å². The Labute approximate surface area is 747 Å². The number of carbonyl (C=O) groups excluding carboxylic acids is 8. The van der Waals surface area contributed by atoms with Crippen molar-refractivity contribution in [3.63, 3.8) is 0 Å². The van der Waals surface area contributed by atoms with Gasteiger partial charge in [-0.1, -0.05) is 136 Å². The molecule has 17 heteroatoms. The molecule has 0 spiro atoms. The summed E-state index contributed by atoms with van der Waals surface area (Å²) >= 11 is 0. The van der Waals surface area contributed by atoms with Crippen molar-refractivity contribution in [3.05, 3.63) is 99.2 Å². The van der Waals surface area contributed by atoms with E-state index in [2.05, 4.69) is 85.7 Å². The molecule has 5 N–H and O–H groups in total. The Morgan fingerprint density at radius 2 is 0.718 bits per heavy atom. The summed E-state index contributed by atoms with van der Waals surface area (Å²) < 4.78 is 10.7. The summed E-state index contributed by atoms with van der Waals surface area (Å²) in [6, 6.07) is 2.64. The first-order valence-corrected chi connectivity index (χ1v) is 50.6. The maximum Gasteiger partial charge on any atom is 0.333 e. The monoisotopic (exact) mass is 1710 g/mol. The van der Waals surface area contributed by atoms with Gasteiger partial charge in [0.25, 0.3) is 0 Å². The van der Waals surface area contributed by atoms with Crippen molar-refractivity contribution >= 4 is 47.4 Å². The van der Waals surface area contributed by atoms with Gasteiger partial charge in [-0.05, 0) is 388 Å². The Morgan fingerprint density at radius 3 is 1.19 bits per heavy atom. The molecule has 33 unspecified atom stereocenters. The van der Waals surface area contributed by atoms with Crippen molar-refractivity contribution in [1.82, 2.24) is 31.1 Å². The molecule has 6 amide bonds. The van der Waals surface area contributed by atoms with E-state index in [1.165, 1.54) is 243 Å². The molecule has 0 aromatic heterocycles. The Hall–Kier alpha value is -6.36. The molecule has 20 rings (SSSR count). The molecular weight excluding hydrogens is 1550 g/mol. The molecule has 20 saturated carbocycles. The number of fused-ring (bicyclic) bond motifs is 24. The van der Waals surface area contributed by atoms with Gasteiger partial charge in [0, 0.05) is 78.2 Å². The number of aliphatic hydroxyl groups is 1.